The van der Waals surface area contributed by atoms with Crippen LogP contribution in [0.15, 0.2) is 47.4 Å². The summed E-state index contributed by atoms with van der Waals surface area (Å²) >= 11 is 4.51. The monoisotopic (exact) mass is 293 g/mol. The van der Waals surface area contributed by atoms with Crippen LogP contribution in [0.2, 0.25) is 0 Å². The number of benzene rings is 2. The first-order chi connectivity index (χ1) is 10.1. The quantitative estimate of drug-likeness (QED) is 0.494. The van der Waals surface area contributed by atoms with E-state index in [0.717, 1.165) is 28.9 Å². The van der Waals surface area contributed by atoms with Crippen LogP contribution >= 0.6 is 12.6 Å². The van der Waals surface area contributed by atoms with Gasteiger partial charge in [-0.05, 0) is 36.1 Å². The van der Waals surface area contributed by atoms with E-state index in [2.05, 4.69) is 43.0 Å². The van der Waals surface area contributed by atoms with Crippen molar-refractivity contribution in [3.8, 4) is 0 Å². The zero-order valence-corrected chi connectivity index (χ0v) is 13.1. The van der Waals surface area contributed by atoms with Crippen LogP contribution in [0.25, 0.3) is 0 Å². The fourth-order valence-corrected chi connectivity index (χ4v) is 3.79. The Labute approximate surface area is 133 Å². The molecule has 0 atom stereocenters. The molecular weight excluding hydrogens is 273 g/mol. The maximum atomic E-state index is 6.02. The van der Waals surface area contributed by atoms with Gasteiger partial charge in [0.05, 0.1) is 0 Å². The van der Waals surface area contributed by atoms with Gasteiger partial charge in [-0.1, -0.05) is 55.1 Å². The Morgan fingerprint density at radius 1 is 0.952 bits per heavy atom. The van der Waals surface area contributed by atoms with E-state index in [-0.39, 0.29) is 5.41 Å². The molecule has 0 unspecified atom stereocenters. The highest BCUT2D eigenvalue weighted by Crippen LogP contribution is 2.45. The highest BCUT2D eigenvalue weighted by atomic mass is 32.1. The Bertz CT molecular complexity index is 647. The van der Waals surface area contributed by atoms with Gasteiger partial charge < -0.3 is 5.73 Å². The lowest BCUT2D eigenvalue weighted by Crippen LogP contribution is -2.31. The fourth-order valence-electron chi connectivity index (χ4n) is 3.58. The molecule has 0 aliphatic heterocycles. The van der Waals surface area contributed by atoms with Gasteiger partial charge in [0.25, 0.3) is 0 Å². The maximum absolute atomic E-state index is 6.02. The largest absolute Gasteiger partial charge is 0.398 e. The van der Waals surface area contributed by atoms with Gasteiger partial charge >= 0.3 is 0 Å². The molecule has 21 heavy (non-hydrogen) atoms. The summed E-state index contributed by atoms with van der Waals surface area (Å²) in [5, 5.41) is 0. The summed E-state index contributed by atoms with van der Waals surface area (Å²) in [5.74, 6) is 0. The smallest absolute Gasteiger partial charge is 0.113 e. The molecule has 2 aromatic rings. The second-order valence-corrected chi connectivity index (χ2v) is 6.52. The predicted octanol–water partition coefficient (Wildman–Crippen LogP) is 3.60. The molecule has 0 aromatic heterocycles. The van der Waals surface area contributed by atoms with Crippen molar-refractivity contribution in [3.63, 3.8) is 0 Å². The standard InChI is InChI=1S/C18H20BNS/c19-15-6-4-5-13(11-15)18(9-2-1-3-10-18)14-7-8-16(20)17(21)12-14/h4-8,11-12,21H,1-3,9-10,20H2. The van der Waals surface area contributed by atoms with Gasteiger partial charge in [-0.15, -0.1) is 12.6 Å². The van der Waals surface area contributed by atoms with Gasteiger partial charge in [0, 0.05) is 16.0 Å². The molecule has 0 saturated heterocycles. The molecule has 106 valence electrons. The van der Waals surface area contributed by atoms with E-state index in [0.29, 0.717) is 0 Å². The van der Waals surface area contributed by atoms with E-state index in [1.807, 2.05) is 12.1 Å². The summed E-state index contributed by atoms with van der Waals surface area (Å²) in [6.07, 6.45) is 6.14. The topological polar surface area (TPSA) is 26.0 Å². The molecular formula is C18H20BNS. The summed E-state index contributed by atoms with van der Waals surface area (Å²) in [6.45, 7) is 0. The third-order valence-electron chi connectivity index (χ3n) is 4.73. The summed E-state index contributed by atoms with van der Waals surface area (Å²) < 4.78 is 0. The van der Waals surface area contributed by atoms with Gasteiger partial charge in [0.1, 0.15) is 7.85 Å². The van der Waals surface area contributed by atoms with E-state index < -0.39 is 0 Å². The minimum absolute atomic E-state index is 0.0544. The average molecular weight is 293 g/mol. The van der Waals surface area contributed by atoms with Crippen LogP contribution in [0.1, 0.15) is 43.2 Å². The van der Waals surface area contributed by atoms with Crippen molar-refractivity contribution >= 4 is 31.6 Å². The van der Waals surface area contributed by atoms with Crippen molar-refractivity contribution in [2.45, 2.75) is 42.4 Å². The average Bonchev–Trinajstić information content (AvgIpc) is 2.51. The Morgan fingerprint density at radius 2 is 1.67 bits per heavy atom. The molecule has 2 radical (unpaired) electrons. The predicted molar refractivity (Wildman–Crippen MR) is 93.8 cm³/mol. The Hall–Kier alpha value is -1.35. The molecule has 0 heterocycles. The SMILES string of the molecule is [B]c1cccc(C2(c3ccc(N)c(S)c3)CCCCC2)c1. The van der Waals surface area contributed by atoms with Crippen molar-refractivity contribution in [2.24, 2.45) is 0 Å². The van der Waals surface area contributed by atoms with Crippen LogP contribution in [0.4, 0.5) is 5.69 Å². The van der Waals surface area contributed by atoms with Crippen molar-refractivity contribution in [1.29, 1.82) is 0 Å². The van der Waals surface area contributed by atoms with Crippen molar-refractivity contribution in [2.75, 3.05) is 5.73 Å². The molecule has 1 saturated carbocycles. The number of nitrogen functional groups attached to an aromatic ring is 1. The third-order valence-corrected chi connectivity index (χ3v) is 5.12. The van der Waals surface area contributed by atoms with E-state index >= 15 is 0 Å². The fraction of sp³-hybridized carbons (Fsp3) is 0.333. The molecule has 1 nitrogen and oxygen atoms in total. The number of rotatable bonds is 2. The Balaban J connectivity index is 2.14. The van der Waals surface area contributed by atoms with Gasteiger partial charge in [-0.25, -0.2) is 0 Å². The van der Waals surface area contributed by atoms with Gasteiger partial charge in [0.2, 0.25) is 0 Å². The molecule has 0 bridgehead atoms. The summed E-state index contributed by atoms with van der Waals surface area (Å²) in [4.78, 5) is 0.862. The number of hydrogen-bond donors (Lipinski definition) is 2. The van der Waals surface area contributed by atoms with Crippen LogP contribution in [0.3, 0.4) is 0 Å². The maximum Gasteiger partial charge on any atom is 0.113 e. The van der Waals surface area contributed by atoms with E-state index in [1.165, 1.54) is 30.4 Å². The first-order valence-electron chi connectivity index (χ1n) is 7.57. The lowest BCUT2D eigenvalue weighted by atomic mass is 9.64. The first kappa shape index (κ1) is 14.6. The summed E-state index contributed by atoms with van der Waals surface area (Å²) in [5.41, 5.74) is 10.2. The van der Waals surface area contributed by atoms with Crippen LogP contribution < -0.4 is 11.2 Å². The minimum Gasteiger partial charge on any atom is -0.398 e. The minimum atomic E-state index is 0.0544. The van der Waals surface area contributed by atoms with Crippen molar-refractivity contribution < 1.29 is 0 Å². The third kappa shape index (κ3) is 2.72. The molecule has 3 heteroatoms. The highest BCUT2D eigenvalue weighted by molar-refractivity contribution is 7.80. The van der Waals surface area contributed by atoms with Crippen LogP contribution in [0.5, 0.6) is 0 Å². The van der Waals surface area contributed by atoms with Crippen LogP contribution in [-0.4, -0.2) is 7.85 Å². The van der Waals surface area contributed by atoms with Crippen LogP contribution in [0, 0.1) is 0 Å². The van der Waals surface area contributed by atoms with Crippen molar-refractivity contribution in [3.05, 3.63) is 53.6 Å². The number of nitrogens with two attached hydrogens (primary N) is 1. The molecule has 1 fully saturated rings. The molecule has 1 aliphatic rings. The summed E-state index contributed by atoms with van der Waals surface area (Å²) in [7, 11) is 6.02. The molecule has 2 N–H and O–H groups in total. The van der Waals surface area contributed by atoms with Gasteiger partial charge in [-0.2, -0.15) is 0 Å². The number of thiol groups is 1. The Morgan fingerprint density at radius 3 is 2.33 bits per heavy atom. The lowest BCUT2D eigenvalue weighted by molar-refractivity contribution is 0.346. The second-order valence-electron chi connectivity index (χ2n) is 6.04. The number of anilines is 1. The van der Waals surface area contributed by atoms with Gasteiger partial charge in [0.15, 0.2) is 0 Å². The van der Waals surface area contributed by atoms with Gasteiger partial charge in [-0.3, -0.25) is 0 Å². The lowest BCUT2D eigenvalue weighted by Gasteiger charge is -2.39. The van der Waals surface area contributed by atoms with Crippen molar-refractivity contribution in [1.82, 2.24) is 0 Å². The molecule has 1 aliphatic carbocycles. The molecule has 0 amide bonds. The Kier molecular flexibility index (Phi) is 4.03. The molecule has 0 spiro atoms. The summed E-state index contributed by atoms with van der Waals surface area (Å²) in [6, 6.07) is 14.6. The van der Waals surface area contributed by atoms with E-state index in [9.17, 15) is 0 Å². The first-order valence-corrected chi connectivity index (χ1v) is 8.01. The number of hydrogen-bond acceptors (Lipinski definition) is 2. The van der Waals surface area contributed by atoms with E-state index in [1.54, 1.807) is 0 Å². The molecule has 3 rings (SSSR count). The zero-order chi connectivity index (χ0) is 14.9. The molecule has 2 aromatic carbocycles. The second kappa shape index (κ2) is 5.80. The van der Waals surface area contributed by atoms with Crippen LogP contribution in [-0.2, 0) is 5.41 Å². The zero-order valence-electron chi connectivity index (χ0n) is 12.2. The van der Waals surface area contributed by atoms with E-state index in [4.69, 9.17) is 13.6 Å². The highest BCUT2D eigenvalue weighted by Gasteiger charge is 2.35. The normalized spacial score (nSPS) is 17.6.